The molecule has 0 aliphatic carbocycles. The zero-order chi connectivity index (χ0) is 21.2. The maximum absolute atomic E-state index is 12.0. The molecule has 0 aliphatic heterocycles. The van der Waals surface area contributed by atoms with Gasteiger partial charge in [0.2, 0.25) is 5.91 Å². The molecule has 0 unspecified atom stereocenters. The van der Waals surface area contributed by atoms with Gasteiger partial charge in [0.25, 0.3) is 0 Å². The van der Waals surface area contributed by atoms with Gasteiger partial charge in [0.1, 0.15) is 6.54 Å². The largest absolute Gasteiger partial charge is 0.355 e. The molecule has 30 heavy (non-hydrogen) atoms. The average Bonchev–Trinajstić information content (AvgIpc) is 3.30. The summed E-state index contributed by atoms with van der Waals surface area (Å²) in [6.07, 6.45) is 0. The first-order valence-electron chi connectivity index (χ1n) is 9.98. The van der Waals surface area contributed by atoms with Gasteiger partial charge in [-0.3, -0.25) is 4.79 Å². The molecule has 5 nitrogen and oxygen atoms in total. The van der Waals surface area contributed by atoms with Crippen molar-refractivity contribution in [1.82, 2.24) is 15.5 Å². The molecular weight excluding hydrogens is 392 g/mol. The summed E-state index contributed by atoms with van der Waals surface area (Å²) < 4.78 is 0. The van der Waals surface area contributed by atoms with Crippen molar-refractivity contribution >= 4 is 23.2 Å². The summed E-state index contributed by atoms with van der Waals surface area (Å²) in [4.78, 5) is 19.3. The molecule has 1 aromatic heterocycles. The summed E-state index contributed by atoms with van der Waals surface area (Å²) in [5, 5.41) is 8.85. The highest BCUT2D eigenvalue weighted by molar-refractivity contribution is 7.09. The topological polar surface area (TPSA) is 56.7 Å². The van der Waals surface area contributed by atoms with Gasteiger partial charge in [-0.2, -0.15) is 0 Å². The molecule has 0 saturated heterocycles. The van der Waals surface area contributed by atoms with Gasteiger partial charge in [0.15, 0.2) is 5.96 Å². The molecule has 0 fully saturated rings. The summed E-state index contributed by atoms with van der Waals surface area (Å²) >= 11 is 1.69. The van der Waals surface area contributed by atoms with E-state index in [-0.39, 0.29) is 18.4 Å². The van der Waals surface area contributed by atoms with Crippen molar-refractivity contribution in [3.8, 4) is 0 Å². The van der Waals surface area contributed by atoms with E-state index in [0.717, 1.165) is 0 Å². The Kier molecular flexibility index (Phi) is 8.03. The molecule has 0 bridgehead atoms. The first-order chi connectivity index (χ1) is 14.6. The minimum atomic E-state index is -0.0325. The number of carbonyl (C=O) groups is 1. The minimum Gasteiger partial charge on any atom is -0.355 e. The molecule has 3 aromatic rings. The third-order valence-corrected chi connectivity index (χ3v) is 5.64. The molecule has 1 heterocycles. The van der Waals surface area contributed by atoms with E-state index in [1.54, 1.807) is 30.3 Å². The first-order valence-corrected chi connectivity index (χ1v) is 10.9. The van der Waals surface area contributed by atoms with E-state index in [9.17, 15) is 4.79 Å². The van der Waals surface area contributed by atoms with Gasteiger partial charge < -0.3 is 15.5 Å². The lowest BCUT2D eigenvalue weighted by atomic mass is 9.91. The van der Waals surface area contributed by atoms with E-state index in [1.807, 2.05) is 18.2 Å². The lowest BCUT2D eigenvalue weighted by molar-refractivity contribution is -0.127. The van der Waals surface area contributed by atoms with Crippen molar-refractivity contribution in [3.05, 3.63) is 94.2 Å². The van der Waals surface area contributed by atoms with Gasteiger partial charge in [-0.05, 0) is 22.6 Å². The minimum absolute atomic E-state index is 0.0325. The zero-order valence-electron chi connectivity index (χ0n) is 17.4. The molecule has 0 aliphatic rings. The Labute approximate surface area is 182 Å². The number of nitrogens with one attached hydrogen (secondary N) is 2. The van der Waals surface area contributed by atoms with Crippen LogP contribution in [0.2, 0.25) is 0 Å². The van der Waals surface area contributed by atoms with Crippen LogP contribution < -0.4 is 10.6 Å². The van der Waals surface area contributed by atoms with E-state index in [1.165, 1.54) is 16.0 Å². The predicted octanol–water partition coefficient (Wildman–Crippen LogP) is 3.70. The summed E-state index contributed by atoms with van der Waals surface area (Å²) in [6.45, 7) is 1.44. The van der Waals surface area contributed by atoms with Gasteiger partial charge in [-0.15, -0.1) is 11.3 Å². The second kappa shape index (κ2) is 11.2. The maximum atomic E-state index is 12.0. The molecule has 0 radical (unpaired) electrons. The third kappa shape index (κ3) is 6.46. The van der Waals surface area contributed by atoms with Crippen molar-refractivity contribution in [2.45, 2.75) is 12.5 Å². The summed E-state index contributed by atoms with van der Waals surface area (Å²) in [5.41, 5.74) is 2.47. The highest BCUT2D eigenvalue weighted by Gasteiger charge is 2.15. The molecule has 2 N–H and O–H groups in total. The highest BCUT2D eigenvalue weighted by atomic mass is 32.1. The average molecular weight is 421 g/mol. The zero-order valence-corrected chi connectivity index (χ0v) is 18.2. The SMILES string of the molecule is CN(C)C(=O)CN=C(NCc1cccs1)NCC(c1ccccc1)c1ccccc1. The molecule has 2 aromatic carbocycles. The summed E-state index contributed by atoms with van der Waals surface area (Å²) in [6, 6.07) is 25.0. The molecule has 3 rings (SSSR count). The highest BCUT2D eigenvalue weighted by Crippen LogP contribution is 2.23. The van der Waals surface area contributed by atoms with Crippen LogP contribution in [0.4, 0.5) is 0 Å². The van der Waals surface area contributed by atoms with Crippen LogP contribution in [0.15, 0.2) is 83.2 Å². The fourth-order valence-corrected chi connectivity index (χ4v) is 3.69. The van der Waals surface area contributed by atoms with Crippen LogP contribution >= 0.6 is 11.3 Å². The Morgan fingerprint density at radius 2 is 1.57 bits per heavy atom. The van der Waals surface area contributed by atoms with E-state index in [4.69, 9.17) is 0 Å². The number of rotatable bonds is 8. The third-order valence-electron chi connectivity index (χ3n) is 4.76. The van der Waals surface area contributed by atoms with Gasteiger partial charge >= 0.3 is 0 Å². The molecule has 0 atom stereocenters. The lowest BCUT2D eigenvalue weighted by Gasteiger charge is -2.21. The Balaban J connectivity index is 1.75. The van der Waals surface area contributed by atoms with Crippen LogP contribution in [0.5, 0.6) is 0 Å². The van der Waals surface area contributed by atoms with Crippen molar-refractivity contribution in [2.75, 3.05) is 27.2 Å². The van der Waals surface area contributed by atoms with Crippen LogP contribution in [0.3, 0.4) is 0 Å². The van der Waals surface area contributed by atoms with Crippen molar-refractivity contribution in [3.63, 3.8) is 0 Å². The fourth-order valence-electron chi connectivity index (χ4n) is 3.04. The van der Waals surface area contributed by atoms with E-state index in [2.05, 4.69) is 75.6 Å². The fraction of sp³-hybridized carbons (Fsp3) is 0.250. The van der Waals surface area contributed by atoms with Crippen molar-refractivity contribution < 1.29 is 4.79 Å². The van der Waals surface area contributed by atoms with Crippen LogP contribution in [-0.2, 0) is 11.3 Å². The van der Waals surface area contributed by atoms with Crippen LogP contribution in [0.1, 0.15) is 21.9 Å². The number of aliphatic imine (C=N–C) groups is 1. The molecule has 156 valence electrons. The van der Waals surface area contributed by atoms with E-state index in [0.29, 0.717) is 19.0 Å². The molecule has 0 spiro atoms. The second-order valence-electron chi connectivity index (χ2n) is 7.14. The number of carbonyl (C=O) groups excluding carboxylic acids is 1. The van der Waals surface area contributed by atoms with Crippen molar-refractivity contribution in [2.24, 2.45) is 4.99 Å². The summed E-state index contributed by atoms with van der Waals surface area (Å²) in [7, 11) is 3.48. The number of hydrogen-bond donors (Lipinski definition) is 2. The molecular formula is C24H28N4OS. The van der Waals surface area contributed by atoms with E-state index < -0.39 is 0 Å². The van der Waals surface area contributed by atoms with Gasteiger partial charge in [-0.25, -0.2) is 4.99 Å². The van der Waals surface area contributed by atoms with Gasteiger partial charge in [0.05, 0.1) is 6.54 Å². The van der Waals surface area contributed by atoms with Crippen LogP contribution in [0, 0.1) is 0 Å². The van der Waals surface area contributed by atoms with Crippen molar-refractivity contribution in [1.29, 1.82) is 0 Å². The smallest absolute Gasteiger partial charge is 0.243 e. The Hall–Kier alpha value is -3.12. The normalized spacial score (nSPS) is 11.4. The number of hydrogen-bond acceptors (Lipinski definition) is 3. The monoisotopic (exact) mass is 420 g/mol. The number of nitrogens with zero attached hydrogens (tertiary/aromatic N) is 2. The first kappa shape index (κ1) is 21.6. The number of guanidine groups is 1. The van der Waals surface area contributed by atoms with E-state index >= 15 is 0 Å². The van der Waals surface area contributed by atoms with Gasteiger partial charge in [0, 0.05) is 31.4 Å². The van der Waals surface area contributed by atoms with Gasteiger partial charge in [-0.1, -0.05) is 66.7 Å². The van der Waals surface area contributed by atoms with Crippen LogP contribution in [-0.4, -0.2) is 44.0 Å². The second-order valence-corrected chi connectivity index (χ2v) is 8.17. The standard InChI is InChI=1S/C24H28N4OS/c1-28(2)23(29)18-27-24(25-16-21-14-9-15-30-21)26-17-22(19-10-5-3-6-11-19)20-12-7-4-8-13-20/h3-15,22H,16-18H2,1-2H3,(H2,25,26,27). The van der Waals surface area contributed by atoms with Crippen LogP contribution in [0.25, 0.3) is 0 Å². The predicted molar refractivity (Wildman–Crippen MR) is 125 cm³/mol. The molecule has 1 amide bonds. The molecule has 6 heteroatoms. The Morgan fingerprint density at radius 3 is 2.10 bits per heavy atom. The quantitative estimate of drug-likeness (QED) is 0.432. The number of amides is 1. The number of likely N-dealkylation sites (N-methyl/N-ethyl adjacent to an activating group) is 1. The number of thiophene rings is 1. The number of benzene rings is 2. The Bertz CT molecular complexity index is 885. The summed E-state index contributed by atoms with van der Waals surface area (Å²) in [5.74, 6) is 0.774. The Morgan fingerprint density at radius 1 is 0.933 bits per heavy atom. The maximum Gasteiger partial charge on any atom is 0.243 e. The lowest BCUT2D eigenvalue weighted by Crippen LogP contribution is -2.40. The molecule has 0 saturated carbocycles.